The molecule has 0 aliphatic heterocycles. The fourth-order valence-electron chi connectivity index (χ4n) is 1.89. The summed E-state index contributed by atoms with van der Waals surface area (Å²) in [6, 6.07) is 7.86. The standard InChI is InChI=1S/C15H13BrClFN2O/c1-8-5-11(16)12(18)7-14(8)20-15(21)10-6-9(17)3-4-13(10)19-2/h3-7,19H,1-2H3,(H,20,21). The van der Waals surface area contributed by atoms with Gasteiger partial charge in [0.2, 0.25) is 0 Å². The SMILES string of the molecule is CNc1ccc(Cl)cc1C(=O)Nc1cc(F)c(Br)cc1C. The summed E-state index contributed by atoms with van der Waals surface area (Å²) in [5.74, 6) is -0.789. The van der Waals surface area contributed by atoms with E-state index in [0.717, 1.165) is 5.56 Å². The summed E-state index contributed by atoms with van der Waals surface area (Å²) >= 11 is 9.03. The maximum atomic E-state index is 13.6. The van der Waals surface area contributed by atoms with E-state index in [1.165, 1.54) is 6.07 Å². The van der Waals surface area contributed by atoms with Crippen LogP contribution in [0.3, 0.4) is 0 Å². The van der Waals surface area contributed by atoms with Crippen LogP contribution < -0.4 is 10.6 Å². The van der Waals surface area contributed by atoms with Crippen LogP contribution in [0.15, 0.2) is 34.8 Å². The van der Waals surface area contributed by atoms with Crippen molar-refractivity contribution in [2.75, 3.05) is 17.7 Å². The lowest BCUT2D eigenvalue weighted by Crippen LogP contribution is -2.15. The summed E-state index contributed by atoms with van der Waals surface area (Å²) < 4.78 is 13.9. The second-order valence-corrected chi connectivity index (χ2v) is 5.77. The molecule has 0 saturated carbocycles. The predicted octanol–water partition coefficient (Wildman–Crippen LogP) is 4.84. The molecule has 21 heavy (non-hydrogen) atoms. The summed E-state index contributed by atoms with van der Waals surface area (Å²) in [4.78, 5) is 12.4. The number of halogens is 3. The van der Waals surface area contributed by atoms with Gasteiger partial charge in [0.15, 0.2) is 0 Å². The van der Waals surface area contributed by atoms with Crippen molar-refractivity contribution >= 4 is 44.8 Å². The Morgan fingerprint density at radius 2 is 1.95 bits per heavy atom. The topological polar surface area (TPSA) is 41.1 Å². The monoisotopic (exact) mass is 370 g/mol. The van der Waals surface area contributed by atoms with Crippen LogP contribution in [0.5, 0.6) is 0 Å². The van der Waals surface area contributed by atoms with Crippen molar-refractivity contribution in [3.63, 3.8) is 0 Å². The number of anilines is 2. The van der Waals surface area contributed by atoms with E-state index in [0.29, 0.717) is 26.4 Å². The molecular weight excluding hydrogens is 359 g/mol. The summed E-state index contributed by atoms with van der Waals surface area (Å²) in [5, 5.41) is 6.08. The largest absolute Gasteiger partial charge is 0.387 e. The number of amides is 1. The number of carbonyl (C=O) groups excluding carboxylic acids is 1. The van der Waals surface area contributed by atoms with Gasteiger partial charge in [-0.2, -0.15) is 0 Å². The Bertz CT molecular complexity index is 706. The Labute approximate surface area is 135 Å². The van der Waals surface area contributed by atoms with Gasteiger partial charge in [0.05, 0.1) is 10.0 Å². The van der Waals surface area contributed by atoms with Crippen LogP contribution in [-0.2, 0) is 0 Å². The molecule has 110 valence electrons. The normalized spacial score (nSPS) is 10.3. The smallest absolute Gasteiger partial charge is 0.257 e. The van der Waals surface area contributed by atoms with Crippen LogP contribution in [0.4, 0.5) is 15.8 Å². The van der Waals surface area contributed by atoms with Gasteiger partial charge in [-0.15, -0.1) is 0 Å². The molecule has 0 bridgehead atoms. The summed E-state index contributed by atoms with van der Waals surface area (Å²) in [6.45, 7) is 1.79. The van der Waals surface area contributed by atoms with E-state index in [2.05, 4.69) is 26.6 Å². The van der Waals surface area contributed by atoms with Crippen LogP contribution in [0.2, 0.25) is 5.02 Å². The van der Waals surface area contributed by atoms with Crippen molar-refractivity contribution in [1.82, 2.24) is 0 Å². The molecule has 3 nitrogen and oxygen atoms in total. The zero-order valence-corrected chi connectivity index (χ0v) is 13.8. The predicted molar refractivity (Wildman–Crippen MR) is 87.8 cm³/mol. The van der Waals surface area contributed by atoms with Gasteiger partial charge in [-0.25, -0.2) is 4.39 Å². The molecule has 1 amide bonds. The maximum absolute atomic E-state index is 13.6. The summed E-state index contributed by atoms with van der Waals surface area (Å²) in [5.41, 5.74) is 2.22. The van der Waals surface area contributed by atoms with Gasteiger partial charge in [0.1, 0.15) is 5.82 Å². The van der Waals surface area contributed by atoms with E-state index in [1.54, 1.807) is 38.2 Å². The average Bonchev–Trinajstić information content (AvgIpc) is 2.44. The van der Waals surface area contributed by atoms with Gasteiger partial charge in [0, 0.05) is 23.4 Å². The Hall–Kier alpha value is -1.59. The molecule has 0 fully saturated rings. The second kappa shape index (κ2) is 6.45. The van der Waals surface area contributed by atoms with Gasteiger partial charge in [-0.05, 0) is 58.7 Å². The van der Waals surface area contributed by atoms with Gasteiger partial charge < -0.3 is 10.6 Å². The van der Waals surface area contributed by atoms with E-state index in [1.807, 2.05) is 0 Å². The maximum Gasteiger partial charge on any atom is 0.257 e. The Morgan fingerprint density at radius 1 is 1.24 bits per heavy atom. The Balaban J connectivity index is 2.34. The minimum atomic E-state index is -0.434. The molecule has 2 rings (SSSR count). The van der Waals surface area contributed by atoms with Crippen molar-refractivity contribution < 1.29 is 9.18 Å². The zero-order chi connectivity index (χ0) is 15.6. The quantitative estimate of drug-likeness (QED) is 0.810. The van der Waals surface area contributed by atoms with E-state index in [9.17, 15) is 9.18 Å². The first-order chi connectivity index (χ1) is 9.92. The number of rotatable bonds is 3. The van der Waals surface area contributed by atoms with Crippen LogP contribution >= 0.6 is 27.5 Å². The minimum Gasteiger partial charge on any atom is -0.387 e. The zero-order valence-electron chi connectivity index (χ0n) is 11.4. The highest BCUT2D eigenvalue weighted by molar-refractivity contribution is 9.10. The van der Waals surface area contributed by atoms with Crippen molar-refractivity contribution in [2.24, 2.45) is 0 Å². The van der Waals surface area contributed by atoms with E-state index in [-0.39, 0.29) is 5.91 Å². The number of nitrogens with one attached hydrogen (secondary N) is 2. The van der Waals surface area contributed by atoms with Crippen molar-refractivity contribution in [3.05, 3.63) is 56.8 Å². The number of aryl methyl sites for hydroxylation is 1. The number of hydrogen-bond donors (Lipinski definition) is 2. The number of hydrogen-bond acceptors (Lipinski definition) is 2. The molecule has 6 heteroatoms. The molecule has 0 aliphatic carbocycles. The molecule has 0 aromatic heterocycles. The van der Waals surface area contributed by atoms with Crippen LogP contribution in [0, 0.1) is 12.7 Å². The van der Waals surface area contributed by atoms with Crippen molar-refractivity contribution in [3.8, 4) is 0 Å². The molecule has 0 heterocycles. The Kier molecular flexibility index (Phi) is 4.85. The highest BCUT2D eigenvalue weighted by Crippen LogP contribution is 2.26. The van der Waals surface area contributed by atoms with E-state index in [4.69, 9.17) is 11.6 Å². The van der Waals surface area contributed by atoms with Gasteiger partial charge in [-0.1, -0.05) is 11.6 Å². The fraction of sp³-hybridized carbons (Fsp3) is 0.133. The molecule has 0 unspecified atom stereocenters. The van der Waals surface area contributed by atoms with Crippen molar-refractivity contribution in [2.45, 2.75) is 6.92 Å². The molecule has 0 saturated heterocycles. The number of carbonyl (C=O) groups is 1. The highest BCUT2D eigenvalue weighted by atomic mass is 79.9. The summed E-state index contributed by atoms with van der Waals surface area (Å²) in [7, 11) is 1.71. The third-order valence-corrected chi connectivity index (χ3v) is 3.85. The Morgan fingerprint density at radius 3 is 2.62 bits per heavy atom. The molecular formula is C15H13BrClFN2O. The van der Waals surface area contributed by atoms with Gasteiger partial charge in [0.25, 0.3) is 5.91 Å². The first-order valence-electron chi connectivity index (χ1n) is 6.16. The summed E-state index contributed by atoms with van der Waals surface area (Å²) in [6.07, 6.45) is 0. The first kappa shape index (κ1) is 15.8. The molecule has 0 spiro atoms. The average molecular weight is 372 g/mol. The molecule has 2 aromatic carbocycles. The van der Waals surface area contributed by atoms with Crippen molar-refractivity contribution in [1.29, 1.82) is 0 Å². The van der Waals surface area contributed by atoms with E-state index < -0.39 is 5.82 Å². The lowest BCUT2D eigenvalue weighted by molar-refractivity contribution is 0.102. The van der Waals surface area contributed by atoms with Crippen LogP contribution in [0.25, 0.3) is 0 Å². The molecule has 2 aromatic rings. The van der Waals surface area contributed by atoms with Gasteiger partial charge >= 0.3 is 0 Å². The molecule has 0 aliphatic rings. The molecule has 0 atom stereocenters. The highest BCUT2D eigenvalue weighted by Gasteiger charge is 2.14. The lowest BCUT2D eigenvalue weighted by Gasteiger charge is -2.12. The van der Waals surface area contributed by atoms with E-state index >= 15 is 0 Å². The number of benzene rings is 2. The third-order valence-electron chi connectivity index (χ3n) is 3.01. The minimum absolute atomic E-state index is 0.355. The molecule has 2 N–H and O–H groups in total. The fourth-order valence-corrected chi connectivity index (χ4v) is 2.52. The second-order valence-electron chi connectivity index (χ2n) is 4.48. The van der Waals surface area contributed by atoms with Crippen LogP contribution in [0.1, 0.15) is 15.9 Å². The first-order valence-corrected chi connectivity index (χ1v) is 7.33. The van der Waals surface area contributed by atoms with Gasteiger partial charge in [-0.3, -0.25) is 4.79 Å². The lowest BCUT2D eigenvalue weighted by atomic mass is 10.1. The molecule has 0 radical (unpaired) electrons. The van der Waals surface area contributed by atoms with Crippen LogP contribution in [-0.4, -0.2) is 13.0 Å². The third kappa shape index (κ3) is 3.54.